The van der Waals surface area contributed by atoms with E-state index in [9.17, 15) is 9.18 Å². The molecule has 0 aliphatic heterocycles. The van der Waals surface area contributed by atoms with E-state index < -0.39 is 5.82 Å². The molecule has 5 heteroatoms. The molecule has 0 bridgehead atoms. The van der Waals surface area contributed by atoms with E-state index in [-0.39, 0.29) is 5.56 Å². The second-order valence-corrected chi connectivity index (χ2v) is 3.88. The van der Waals surface area contributed by atoms with Crippen LogP contribution in [0.4, 0.5) is 4.39 Å². The first-order chi connectivity index (χ1) is 8.69. The Morgan fingerprint density at radius 2 is 2.11 bits per heavy atom. The van der Waals surface area contributed by atoms with E-state index >= 15 is 0 Å². The number of aryl methyl sites for hydroxylation is 2. The molecule has 4 nitrogen and oxygen atoms in total. The molecule has 0 spiro atoms. The van der Waals surface area contributed by atoms with E-state index in [1.54, 1.807) is 10.7 Å². The quantitative estimate of drug-likeness (QED) is 0.779. The number of aldehydes is 1. The highest BCUT2D eigenvalue weighted by Gasteiger charge is 2.12. The van der Waals surface area contributed by atoms with Gasteiger partial charge in [-0.2, -0.15) is 5.10 Å². The van der Waals surface area contributed by atoms with Gasteiger partial charge in [-0.05, 0) is 18.2 Å². The van der Waals surface area contributed by atoms with Gasteiger partial charge in [0, 0.05) is 18.4 Å². The maximum absolute atomic E-state index is 13.1. The van der Waals surface area contributed by atoms with Crippen molar-refractivity contribution in [3.63, 3.8) is 0 Å². The number of carbonyl (C=O) groups is 1. The standard InChI is InChI=1S/C13H14FN3O/c1-3-12-15-13(4-2)17(16-12)11-6-5-10(14)7-9(11)8-18/h5-8H,3-4H2,1-2H3. The molecule has 0 aliphatic carbocycles. The minimum atomic E-state index is -0.435. The average Bonchev–Trinajstić information content (AvgIpc) is 2.81. The predicted molar refractivity (Wildman–Crippen MR) is 65.5 cm³/mol. The minimum absolute atomic E-state index is 0.275. The number of halogens is 1. The van der Waals surface area contributed by atoms with Gasteiger partial charge in [-0.1, -0.05) is 13.8 Å². The van der Waals surface area contributed by atoms with Crippen LogP contribution >= 0.6 is 0 Å². The summed E-state index contributed by atoms with van der Waals surface area (Å²) in [6.07, 6.45) is 2.05. The van der Waals surface area contributed by atoms with Crippen LogP contribution in [0.25, 0.3) is 5.69 Å². The Kier molecular flexibility index (Phi) is 3.50. The molecule has 0 radical (unpaired) electrons. The lowest BCUT2D eigenvalue weighted by atomic mass is 10.2. The SMILES string of the molecule is CCc1nc(CC)n(-c2ccc(F)cc2C=O)n1. The van der Waals surface area contributed by atoms with Crippen LogP contribution in [-0.2, 0) is 12.8 Å². The number of nitrogens with zero attached hydrogens (tertiary/aromatic N) is 3. The summed E-state index contributed by atoms with van der Waals surface area (Å²) in [7, 11) is 0. The smallest absolute Gasteiger partial charge is 0.152 e. The summed E-state index contributed by atoms with van der Waals surface area (Å²) in [5, 5.41) is 4.33. The van der Waals surface area contributed by atoms with Crippen molar-refractivity contribution in [3.05, 3.63) is 41.2 Å². The number of benzene rings is 1. The van der Waals surface area contributed by atoms with E-state index in [1.165, 1.54) is 12.1 Å². The molecule has 0 aliphatic rings. The highest BCUT2D eigenvalue weighted by atomic mass is 19.1. The lowest BCUT2D eigenvalue weighted by Crippen LogP contribution is -2.05. The number of aromatic nitrogens is 3. The fourth-order valence-electron chi connectivity index (χ4n) is 1.78. The van der Waals surface area contributed by atoms with E-state index in [2.05, 4.69) is 10.1 Å². The minimum Gasteiger partial charge on any atom is -0.298 e. The third-order valence-electron chi connectivity index (χ3n) is 2.70. The van der Waals surface area contributed by atoms with Crippen molar-refractivity contribution in [2.24, 2.45) is 0 Å². The van der Waals surface area contributed by atoms with Crippen molar-refractivity contribution >= 4 is 6.29 Å². The normalized spacial score (nSPS) is 10.6. The van der Waals surface area contributed by atoms with Crippen molar-refractivity contribution in [2.75, 3.05) is 0 Å². The summed E-state index contributed by atoms with van der Waals surface area (Å²) >= 11 is 0. The first kappa shape index (κ1) is 12.4. The molecular formula is C13H14FN3O. The molecule has 2 aromatic rings. The second kappa shape index (κ2) is 5.08. The maximum atomic E-state index is 13.1. The number of rotatable bonds is 4. The summed E-state index contributed by atoms with van der Waals surface area (Å²) in [5.41, 5.74) is 0.840. The molecule has 0 N–H and O–H groups in total. The number of hydrogen-bond acceptors (Lipinski definition) is 3. The summed E-state index contributed by atoms with van der Waals surface area (Å²) in [6, 6.07) is 4.07. The summed E-state index contributed by atoms with van der Waals surface area (Å²) in [5.74, 6) is 1.05. The Hall–Kier alpha value is -2.04. The largest absolute Gasteiger partial charge is 0.298 e. The number of hydrogen-bond donors (Lipinski definition) is 0. The van der Waals surface area contributed by atoms with Gasteiger partial charge < -0.3 is 0 Å². The van der Waals surface area contributed by atoms with Crippen molar-refractivity contribution in [1.29, 1.82) is 0 Å². The Balaban J connectivity index is 2.60. The van der Waals surface area contributed by atoms with Crippen molar-refractivity contribution < 1.29 is 9.18 Å². The highest BCUT2D eigenvalue weighted by molar-refractivity contribution is 5.80. The van der Waals surface area contributed by atoms with Crippen molar-refractivity contribution in [3.8, 4) is 5.69 Å². The maximum Gasteiger partial charge on any atom is 0.152 e. The molecule has 0 atom stereocenters. The topological polar surface area (TPSA) is 47.8 Å². The molecule has 0 amide bonds. The fourth-order valence-corrected chi connectivity index (χ4v) is 1.78. The van der Waals surface area contributed by atoms with Crippen molar-refractivity contribution in [1.82, 2.24) is 14.8 Å². The van der Waals surface area contributed by atoms with Gasteiger partial charge in [0.05, 0.1) is 5.69 Å². The van der Waals surface area contributed by atoms with Crippen LogP contribution in [-0.4, -0.2) is 21.1 Å². The van der Waals surface area contributed by atoms with E-state index in [0.29, 0.717) is 24.2 Å². The summed E-state index contributed by atoms with van der Waals surface area (Å²) in [4.78, 5) is 15.4. The molecule has 94 valence electrons. The Bertz CT molecular complexity index is 578. The van der Waals surface area contributed by atoms with Gasteiger partial charge in [-0.25, -0.2) is 14.1 Å². The average molecular weight is 247 g/mol. The molecular weight excluding hydrogens is 233 g/mol. The fraction of sp³-hybridized carbons (Fsp3) is 0.308. The lowest BCUT2D eigenvalue weighted by Gasteiger charge is -2.07. The molecule has 1 aromatic carbocycles. The van der Waals surface area contributed by atoms with Gasteiger partial charge in [0.25, 0.3) is 0 Å². The summed E-state index contributed by atoms with van der Waals surface area (Å²) < 4.78 is 14.7. The van der Waals surface area contributed by atoms with Crippen LogP contribution in [0.1, 0.15) is 35.9 Å². The Morgan fingerprint density at radius 3 is 2.72 bits per heavy atom. The monoisotopic (exact) mass is 247 g/mol. The molecule has 1 aromatic heterocycles. The molecule has 0 saturated heterocycles. The molecule has 18 heavy (non-hydrogen) atoms. The molecule has 0 fully saturated rings. The van der Waals surface area contributed by atoms with Gasteiger partial charge in [0.2, 0.25) is 0 Å². The zero-order chi connectivity index (χ0) is 13.1. The van der Waals surface area contributed by atoms with Crippen LogP contribution in [0.2, 0.25) is 0 Å². The van der Waals surface area contributed by atoms with Crippen molar-refractivity contribution in [2.45, 2.75) is 26.7 Å². The van der Waals surface area contributed by atoms with Crippen LogP contribution < -0.4 is 0 Å². The van der Waals surface area contributed by atoms with E-state index in [1.807, 2.05) is 13.8 Å². The first-order valence-electron chi connectivity index (χ1n) is 5.89. The first-order valence-corrected chi connectivity index (χ1v) is 5.89. The molecule has 1 heterocycles. The molecule has 2 rings (SSSR count). The lowest BCUT2D eigenvalue weighted by molar-refractivity contribution is 0.112. The highest BCUT2D eigenvalue weighted by Crippen LogP contribution is 2.16. The van der Waals surface area contributed by atoms with Crippen LogP contribution in [0, 0.1) is 5.82 Å². The van der Waals surface area contributed by atoms with Gasteiger partial charge in [0.1, 0.15) is 11.6 Å². The van der Waals surface area contributed by atoms with Gasteiger partial charge in [-0.3, -0.25) is 4.79 Å². The van der Waals surface area contributed by atoms with Crippen LogP contribution in [0.5, 0.6) is 0 Å². The predicted octanol–water partition coefficient (Wildman–Crippen LogP) is 2.34. The van der Waals surface area contributed by atoms with E-state index in [4.69, 9.17) is 0 Å². The van der Waals surface area contributed by atoms with Gasteiger partial charge >= 0.3 is 0 Å². The second-order valence-electron chi connectivity index (χ2n) is 3.88. The molecule has 0 saturated carbocycles. The summed E-state index contributed by atoms with van der Waals surface area (Å²) in [6.45, 7) is 3.93. The Labute approximate surface area is 104 Å². The Morgan fingerprint density at radius 1 is 1.33 bits per heavy atom. The third kappa shape index (κ3) is 2.16. The zero-order valence-electron chi connectivity index (χ0n) is 10.4. The third-order valence-corrected chi connectivity index (χ3v) is 2.70. The van der Waals surface area contributed by atoms with Crippen LogP contribution in [0.3, 0.4) is 0 Å². The van der Waals surface area contributed by atoms with Gasteiger partial charge in [0.15, 0.2) is 12.1 Å². The van der Waals surface area contributed by atoms with E-state index in [0.717, 1.165) is 12.2 Å². The van der Waals surface area contributed by atoms with Gasteiger partial charge in [-0.15, -0.1) is 0 Å². The number of carbonyl (C=O) groups excluding carboxylic acids is 1. The van der Waals surface area contributed by atoms with Crippen LogP contribution in [0.15, 0.2) is 18.2 Å². The zero-order valence-corrected chi connectivity index (χ0v) is 10.4. The molecule has 0 unspecified atom stereocenters.